The number of methoxy groups -OCH3 is 1. The molecule has 0 aromatic carbocycles. The number of rotatable bonds is 3. The highest BCUT2D eigenvalue weighted by molar-refractivity contribution is 9.09. The topological polar surface area (TPSA) is 9.23 Å². The molecule has 0 aromatic heterocycles. The van der Waals surface area contributed by atoms with Gasteiger partial charge < -0.3 is 4.74 Å². The molecule has 0 saturated heterocycles. The zero-order valence-corrected chi connectivity index (χ0v) is 7.29. The minimum Gasteiger partial charge on any atom is -0.378 e. The standard InChI is InChI=1S/C6H13BrO/c1-4-6(2,5-7)8-3/h4-5H2,1-3H3/t6-/m0/s1. The van der Waals surface area contributed by atoms with Gasteiger partial charge in [0.15, 0.2) is 0 Å². The number of hydrogen-bond donors (Lipinski definition) is 0. The number of alkyl halides is 1. The molecule has 2 heteroatoms. The molecule has 0 aliphatic heterocycles. The highest BCUT2D eigenvalue weighted by atomic mass is 79.9. The molecule has 0 aromatic rings. The van der Waals surface area contributed by atoms with Crippen LogP contribution in [-0.4, -0.2) is 18.0 Å². The summed E-state index contributed by atoms with van der Waals surface area (Å²) in [7, 11) is 1.74. The van der Waals surface area contributed by atoms with E-state index in [0.717, 1.165) is 11.8 Å². The molecule has 0 radical (unpaired) electrons. The minimum atomic E-state index is 0.0417. The quantitative estimate of drug-likeness (QED) is 0.606. The van der Waals surface area contributed by atoms with Gasteiger partial charge in [0.2, 0.25) is 0 Å². The molecule has 0 saturated carbocycles. The third-order valence-corrected chi connectivity index (χ3v) is 2.71. The molecule has 50 valence electrons. The normalized spacial score (nSPS) is 18.0. The summed E-state index contributed by atoms with van der Waals surface area (Å²) in [6.07, 6.45) is 1.05. The largest absolute Gasteiger partial charge is 0.378 e. The molecule has 0 spiro atoms. The van der Waals surface area contributed by atoms with Crippen molar-refractivity contribution < 1.29 is 4.74 Å². The fraction of sp³-hybridized carbons (Fsp3) is 1.00. The van der Waals surface area contributed by atoms with Gasteiger partial charge in [0.1, 0.15) is 0 Å². The van der Waals surface area contributed by atoms with Crippen LogP contribution in [0.3, 0.4) is 0 Å². The first kappa shape index (κ1) is 8.44. The Bertz CT molecular complexity index is 51.3. The molecular formula is C6H13BrO. The summed E-state index contributed by atoms with van der Waals surface area (Å²) in [5, 5.41) is 0.910. The third kappa shape index (κ3) is 2.14. The Balaban J connectivity index is 3.58. The van der Waals surface area contributed by atoms with Crippen LogP contribution in [-0.2, 0) is 4.74 Å². The van der Waals surface area contributed by atoms with E-state index in [2.05, 4.69) is 29.8 Å². The number of ether oxygens (including phenoxy) is 1. The van der Waals surface area contributed by atoms with Crippen LogP contribution in [0.5, 0.6) is 0 Å². The molecule has 0 amide bonds. The molecule has 0 bridgehead atoms. The van der Waals surface area contributed by atoms with Crippen LogP contribution in [0.25, 0.3) is 0 Å². The molecule has 8 heavy (non-hydrogen) atoms. The van der Waals surface area contributed by atoms with Crippen molar-refractivity contribution in [3.8, 4) is 0 Å². The van der Waals surface area contributed by atoms with Gasteiger partial charge >= 0.3 is 0 Å². The molecular weight excluding hydrogens is 168 g/mol. The number of hydrogen-bond acceptors (Lipinski definition) is 1. The van der Waals surface area contributed by atoms with Gasteiger partial charge in [-0.15, -0.1) is 0 Å². The van der Waals surface area contributed by atoms with Gasteiger partial charge in [-0.1, -0.05) is 22.9 Å². The van der Waals surface area contributed by atoms with E-state index >= 15 is 0 Å². The van der Waals surface area contributed by atoms with Crippen molar-refractivity contribution in [2.24, 2.45) is 0 Å². The van der Waals surface area contributed by atoms with Crippen LogP contribution in [0, 0.1) is 0 Å². The van der Waals surface area contributed by atoms with Gasteiger partial charge in [0, 0.05) is 12.4 Å². The van der Waals surface area contributed by atoms with E-state index < -0.39 is 0 Å². The summed E-state index contributed by atoms with van der Waals surface area (Å²) < 4.78 is 5.19. The minimum absolute atomic E-state index is 0.0417. The zero-order valence-electron chi connectivity index (χ0n) is 5.70. The molecule has 0 fully saturated rings. The van der Waals surface area contributed by atoms with Crippen LogP contribution in [0.1, 0.15) is 20.3 Å². The first-order valence-corrected chi connectivity index (χ1v) is 3.92. The van der Waals surface area contributed by atoms with Crippen molar-refractivity contribution in [1.29, 1.82) is 0 Å². The van der Waals surface area contributed by atoms with Crippen LogP contribution in [0.15, 0.2) is 0 Å². The monoisotopic (exact) mass is 180 g/mol. The Morgan fingerprint density at radius 1 is 1.62 bits per heavy atom. The van der Waals surface area contributed by atoms with Crippen molar-refractivity contribution in [2.75, 3.05) is 12.4 Å². The Kier molecular flexibility index (Phi) is 3.65. The predicted molar refractivity (Wildman–Crippen MR) is 39.5 cm³/mol. The van der Waals surface area contributed by atoms with Crippen molar-refractivity contribution in [3.63, 3.8) is 0 Å². The lowest BCUT2D eigenvalue weighted by molar-refractivity contribution is 0.0250. The molecule has 0 heterocycles. The summed E-state index contributed by atoms with van der Waals surface area (Å²) in [5.74, 6) is 0. The number of halogens is 1. The summed E-state index contributed by atoms with van der Waals surface area (Å²) >= 11 is 3.37. The smallest absolute Gasteiger partial charge is 0.0744 e. The molecule has 0 N–H and O–H groups in total. The van der Waals surface area contributed by atoms with Gasteiger partial charge in [-0.05, 0) is 13.3 Å². The van der Waals surface area contributed by atoms with Gasteiger partial charge in [0.25, 0.3) is 0 Å². The van der Waals surface area contributed by atoms with Gasteiger partial charge in [-0.2, -0.15) is 0 Å². The van der Waals surface area contributed by atoms with E-state index in [4.69, 9.17) is 4.74 Å². The highest BCUT2D eigenvalue weighted by Crippen LogP contribution is 2.15. The maximum Gasteiger partial charge on any atom is 0.0744 e. The zero-order chi connectivity index (χ0) is 6.62. The average Bonchev–Trinajstić information content (AvgIpc) is 1.87. The van der Waals surface area contributed by atoms with Crippen molar-refractivity contribution in [1.82, 2.24) is 0 Å². The second-order valence-corrected chi connectivity index (χ2v) is 2.70. The third-order valence-electron chi connectivity index (χ3n) is 1.52. The second-order valence-electron chi connectivity index (χ2n) is 2.14. The van der Waals surface area contributed by atoms with Crippen molar-refractivity contribution in [3.05, 3.63) is 0 Å². The molecule has 0 unspecified atom stereocenters. The van der Waals surface area contributed by atoms with E-state index in [-0.39, 0.29) is 5.60 Å². The average molecular weight is 181 g/mol. The molecule has 0 aliphatic carbocycles. The van der Waals surface area contributed by atoms with E-state index in [9.17, 15) is 0 Å². The maximum absolute atomic E-state index is 5.19. The summed E-state index contributed by atoms with van der Waals surface area (Å²) in [5.41, 5.74) is 0.0417. The fourth-order valence-electron chi connectivity index (χ4n) is 0.293. The molecule has 1 nitrogen and oxygen atoms in total. The lowest BCUT2D eigenvalue weighted by Crippen LogP contribution is -2.27. The van der Waals surface area contributed by atoms with Crippen LogP contribution < -0.4 is 0 Å². The van der Waals surface area contributed by atoms with E-state index in [1.165, 1.54) is 0 Å². The Morgan fingerprint density at radius 3 is 2.12 bits per heavy atom. The van der Waals surface area contributed by atoms with Gasteiger partial charge in [-0.25, -0.2) is 0 Å². The SMILES string of the molecule is CC[C@@](C)(CBr)OC. The van der Waals surface area contributed by atoms with Gasteiger partial charge in [-0.3, -0.25) is 0 Å². The Labute approximate surface area is 59.5 Å². The Morgan fingerprint density at radius 2 is 2.12 bits per heavy atom. The van der Waals surface area contributed by atoms with E-state index in [1.54, 1.807) is 7.11 Å². The highest BCUT2D eigenvalue weighted by Gasteiger charge is 2.17. The van der Waals surface area contributed by atoms with Crippen molar-refractivity contribution >= 4 is 15.9 Å². The fourth-order valence-corrected chi connectivity index (χ4v) is 0.919. The van der Waals surface area contributed by atoms with E-state index in [0.29, 0.717) is 0 Å². The second kappa shape index (κ2) is 3.46. The summed E-state index contributed by atoms with van der Waals surface area (Å²) in [6, 6.07) is 0. The molecule has 0 aliphatic rings. The van der Waals surface area contributed by atoms with E-state index in [1.807, 2.05) is 0 Å². The molecule has 1 atom stereocenters. The van der Waals surface area contributed by atoms with Crippen molar-refractivity contribution in [2.45, 2.75) is 25.9 Å². The Hall–Kier alpha value is 0.440. The first-order chi connectivity index (χ1) is 3.68. The van der Waals surface area contributed by atoms with Crippen LogP contribution in [0.4, 0.5) is 0 Å². The summed E-state index contributed by atoms with van der Waals surface area (Å²) in [6.45, 7) is 4.20. The lowest BCUT2D eigenvalue weighted by atomic mass is 10.1. The maximum atomic E-state index is 5.19. The summed E-state index contributed by atoms with van der Waals surface area (Å²) in [4.78, 5) is 0. The van der Waals surface area contributed by atoms with Crippen LogP contribution >= 0.6 is 15.9 Å². The van der Waals surface area contributed by atoms with Gasteiger partial charge in [0.05, 0.1) is 5.60 Å². The first-order valence-electron chi connectivity index (χ1n) is 2.79. The lowest BCUT2D eigenvalue weighted by Gasteiger charge is -2.23. The molecule has 0 rings (SSSR count). The predicted octanol–water partition coefficient (Wildman–Crippen LogP) is 2.20. The van der Waals surface area contributed by atoms with Crippen LogP contribution in [0.2, 0.25) is 0 Å².